The second-order valence-corrected chi connectivity index (χ2v) is 4.87. The van der Waals surface area contributed by atoms with Crippen molar-refractivity contribution < 1.29 is 23.8 Å². The molecule has 0 N–H and O–H groups in total. The van der Waals surface area contributed by atoms with E-state index in [0.717, 1.165) is 0 Å². The minimum absolute atomic E-state index is 0.185. The van der Waals surface area contributed by atoms with Crippen LogP contribution in [0.3, 0.4) is 0 Å². The van der Waals surface area contributed by atoms with Gasteiger partial charge in [-0.25, -0.2) is 0 Å². The van der Waals surface area contributed by atoms with E-state index in [0.29, 0.717) is 30.2 Å². The summed E-state index contributed by atoms with van der Waals surface area (Å²) < 4.78 is 15.0. The van der Waals surface area contributed by atoms with Gasteiger partial charge in [-0.2, -0.15) is 0 Å². The van der Waals surface area contributed by atoms with E-state index in [2.05, 4.69) is 0 Å². The Morgan fingerprint density at radius 1 is 1.09 bits per heavy atom. The first-order valence-corrected chi connectivity index (χ1v) is 7.06. The van der Waals surface area contributed by atoms with Crippen LogP contribution in [0.5, 0.6) is 11.5 Å². The Labute approximate surface area is 131 Å². The molecular formula is C16H23NO5. The SMILES string of the molecule is CCN(CC(C)C(=O)OC)C(=O)c1cc(OC)cc(OC)c1. The zero-order valence-corrected chi connectivity index (χ0v) is 13.7. The molecule has 22 heavy (non-hydrogen) atoms. The summed E-state index contributed by atoms with van der Waals surface area (Å²) in [4.78, 5) is 25.7. The first kappa shape index (κ1) is 17.8. The first-order chi connectivity index (χ1) is 10.5. The highest BCUT2D eigenvalue weighted by Gasteiger charge is 2.22. The number of esters is 1. The van der Waals surface area contributed by atoms with Crippen molar-refractivity contribution in [3.63, 3.8) is 0 Å². The second-order valence-electron chi connectivity index (χ2n) is 4.87. The first-order valence-electron chi connectivity index (χ1n) is 7.06. The molecule has 0 radical (unpaired) electrons. The molecule has 0 aliphatic carbocycles. The van der Waals surface area contributed by atoms with Crippen molar-refractivity contribution in [1.29, 1.82) is 0 Å². The average molecular weight is 309 g/mol. The normalized spacial score (nSPS) is 11.5. The number of carbonyl (C=O) groups excluding carboxylic acids is 2. The Balaban J connectivity index is 2.98. The summed E-state index contributed by atoms with van der Waals surface area (Å²) in [6, 6.07) is 5.00. The van der Waals surface area contributed by atoms with Crippen LogP contribution in [-0.2, 0) is 9.53 Å². The van der Waals surface area contributed by atoms with Gasteiger partial charge >= 0.3 is 5.97 Å². The van der Waals surface area contributed by atoms with Crippen LogP contribution in [0.15, 0.2) is 18.2 Å². The molecule has 0 heterocycles. The quantitative estimate of drug-likeness (QED) is 0.721. The monoisotopic (exact) mass is 309 g/mol. The minimum Gasteiger partial charge on any atom is -0.497 e. The third-order valence-electron chi connectivity index (χ3n) is 3.37. The number of hydrogen-bond donors (Lipinski definition) is 0. The van der Waals surface area contributed by atoms with E-state index in [-0.39, 0.29) is 17.8 Å². The number of methoxy groups -OCH3 is 3. The van der Waals surface area contributed by atoms with Crippen molar-refractivity contribution in [3.05, 3.63) is 23.8 Å². The van der Waals surface area contributed by atoms with E-state index in [9.17, 15) is 9.59 Å². The second kappa shape index (κ2) is 8.26. The molecule has 6 nitrogen and oxygen atoms in total. The van der Waals surface area contributed by atoms with E-state index in [1.807, 2.05) is 6.92 Å². The van der Waals surface area contributed by atoms with Crippen LogP contribution in [0, 0.1) is 5.92 Å². The molecule has 0 saturated carbocycles. The number of amides is 1. The van der Waals surface area contributed by atoms with Gasteiger partial charge in [0, 0.05) is 24.7 Å². The van der Waals surface area contributed by atoms with E-state index < -0.39 is 0 Å². The molecular weight excluding hydrogens is 286 g/mol. The third kappa shape index (κ3) is 4.38. The molecule has 0 bridgehead atoms. The number of ether oxygens (including phenoxy) is 3. The number of rotatable bonds is 7. The number of hydrogen-bond acceptors (Lipinski definition) is 5. The Bertz CT molecular complexity index is 507. The highest BCUT2D eigenvalue weighted by atomic mass is 16.5. The lowest BCUT2D eigenvalue weighted by molar-refractivity contribution is -0.145. The molecule has 0 aliphatic heterocycles. The van der Waals surface area contributed by atoms with Crippen LogP contribution in [0.25, 0.3) is 0 Å². The van der Waals surface area contributed by atoms with Crippen LogP contribution in [0.4, 0.5) is 0 Å². The Morgan fingerprint density at radius 3 is 2.05 bits per heavy atom. The lowest BCUT2D eigenvalue weighted by Gasteiger charge is -2.24. The molecule has 1 aromatic rings. The van der Waals surface area contributed by atoms with Gasteiger partial charge in [0.15, 0.2) is 0 Å². The molecule has 1 rings (SSSR count). The van der Waals surface area contributed by atoms with Crippen LogP contribution in [0.1, 0.15) is 24.2 Å². The van der Waals surface area contributed by atoms with Crippen molar-refractivity contribution in [1.82, 2.24) is 4.90 Å². The molecule has 1 amide bonds. The summed E-state index contributed by atoms with van der Waals surface area (Å²) in [5.41, 5.74) is 0.454. The zero-order valence-electron chi connectivity index (χ0n) is 13.7. The predicted molar refractivity (Wildman–Crippen MR) is 82.3 cm³/mol. The summed E-state index contributed by atoms with van der Waals surface area (Å²) >= 11 is 0. The van der Waals surface area contributed by atoms with Gasteiger partial charge in [0.1, 0.15) is 11.5 Å². The molecule has 0 spiro atoms. The topological polar surface area (TPSA) is 65.1 Å². The standard InChI is InChI=1S/C16H23NO5/c1-6-17(10-11(2)16(19)22-5)15(18)12-7-13(20-3)9-14(8-12)21-4/h7-9,11H,6,10H2,1-5H3. The third-order valence-corrected chi connectivity index (χ3v) is 3.37. The fourth-order valence-electron chi connectivity index (χ4n) is 2.08. The lowest BCUT2D eigenvalue weighted by atomic mass is 10.1. The Kier molecular flexibility index (Phi) is 6.69. The maximum atomic E-state index is 12.6. The largest absolute Gasteiger partial charge is 0.497 e. The molecule has 0 aliphatic rings. The molecule has 1 atom stereocenters. The van der Waals surface area contributed by atoms with Gasteiger partial charge in [0.05, 0.1) is 27.2 Å². The smallest absolute Gasteiger partial charge is 0.310 e. The number of benzene rings is 1. The maximum absolute atomic E-state index is 12.6. The highest BCUT2D eigenvalue weighted by molar-refractivity contribution is 5.95. The molecule has 1 unspecified atom stereocenters. The van der Waals surface area contributed by atoms with E-state index >= 15 is 0 Å². The summed E-state index contributed by atoms with van der Waals surface area (Å²) in [6.07, 6.45) is 0. The van der Waals surface area contributed by atoms with Gasteiger partial charge in [0.2, 0.25) is 0 Å². The molecule has 122 valence electrons. The van der Waals surface area contributed by atoms with Gasteiger partial charge < -0.3 is 19.1 Å². The van der Waals surface area contributed by atoms with Gasteiger partial charge in [-0.3, -0.25) is 9.59 Å². The van der Waals surface area contributed by atoms with Gasteiger partial charge in [0.25, 0.3) is 5.91 Å². The fourth-order valence-corrected chi connectivity index (χ4v) is 2.08. The number of carbonyl (C=O) groups is 2. The summed E-state index contributed by atoms with van der Waals surface area (Å²) in [6.45, 7) is 4.37. The molecule has 1 aromatic carbocycles. The highest BCUT2D eigenvalue weighted by Crippen LogP contribution is 2.23. The summed E-state index contributed by atoms with van der Waals surface area (Å²) in [5, 5.41) is 0. The van der Waals surface area contributed by atoms with E-state index in [1.54, 1.807) is 30.0 Å². The van der Waals surface area contributed by atoms with E-state index in [4.69, 9.17) is 14.2 Å². The lowest BCUT2D eigenvalue weighted by Crippen LogP contribution is -2.37. The van der Waals surface area contributed by atoms with Crippen LogP contribution in [0.2, 0.25) is 0 Å². The van der Waals surface area contributed by atoms with Crippen molar-refractivity contribution in [2.75, 3.05) is 34.4 Å². The van der Waals surface area contributed by atoms with Gasteiger partial charge in [-0.15, -0.1) is 0 Å². The predicted octanol–water partition coefficient (Wildman–Crippen LogP) is 1.97. The van der Waals surface area contributed by atoms with Crippen LogP contribution in [-0.4, -0.2) is 51.2 Å². The van der Waals surface area contributed by atoms with Crippen molar-refractivity contribution in [3.8, 4) is 11.5 Å². The molecule has 6 heteroatoms. The summed E-state index contributed by atoms with van der Waals surface area (Å²) in [5.74, 6) is 0.172. The Morgan fingerprint density at radius 2 is 1.64 bits per heavy atom. The van der Waals surface area contributed by atoms with E-state index in [1.165, 1.54) is 21.3 Å². The van der Waals surface area contributed by atoms with Crippen molar-refractivity contribution in [2.24, 2.45) is 5.92 Å². The van der Waals surface area contributed by atoms with Crippen molar-refractivity contribution in [2.45, 2.75) is 13.8 Å². The summed E-state index contributed by atoms with van der Waals surface area (Å²) in [7, 11) is 4.39. The van der Waals surface area contributed by atoms with Crippen LogP contribution < -0.4 is 9.47 Å². The molecule has 0 saturated heterocycles. The minimum atomic E-state index is -0.388. The number of nitrogens with zero attached hydrogens (tertiary/aromatic N) is 1. The molecule has 0 fully saturated rings. The van der Waals surface area contributed by atoms with Crippen molar-refractivity contribution >= 4 is 11.9 Å². The van der Waals surface area contributed by atoms with Gasteiger partial charge in [-0.05, 0) is 19.1 Å². The maximum Gasteiger partial charge on any atom is 0.310 e. The Hall–Kier alpha value is -2.24. The zero-order chi connectivity index (χ0) is 16.7. The van der Waals surface area contributed by atoms with Crippen LogP contribution >= 0.6 is 0 Å². The fraction of sp³-hybridized carbons (Fsp3) is 0.500. The van der Waals surface area contributed by atoms with Gasteiger partial charge in [-0.1, -0.05) is 6.92 Å². The average Bonchev–Trinajstić information content (AvgIpc) is 2.57. The molecule has 0 aromatic heterocycles.